The standard InChI is InChI=1S/C8H17N3O/c1-6(2)4-11-8(12)5-10-7(3)9/h6H,4-5H2,1-3H3,(H2,9,10)(H,11,12). The Balaban J connectivity index is 3.54. The molecule has 0 aromatic rings. The summed E-state index contributed by atoms with van der Waals surface area (Å²) in [7, 11) is 0. The van der Waals surface area contributed by atoms with Gasteiger partial charge in [-0.15, -0.1) is 0 Å². The fourth-order valence-electron chi connectivity index (χ4n) is 0.570. The average Bonchev–Trinajstić information content (AvgIpc) is 1.96. The van der Waals surface area contributed by atoms with Crippen LogP contribution in [-0.2, 0) is 4.79 Å². The van der Waals surface area contributed by atoms with E-state index >= 15 is 0 Å². The molecule has 0 aromatic heterocycles. The van der Waals surface area contributed by atoms with Gasteiger partial charge in [-0.05, 0) is 12.8 Å². The van der Waals surface area contributed by atoms with Gasteiger partial charge >= 0.3 is 0 Å². The number of hydrogen-bond acceptors (Lipinski definition) is 2. The molecule has 4 nitrogen and oxygen atoms in total. The first-order chi connectivity index (χ1) is 5.52. The van der Waals surface area contributed by atoms with Crippen molar-refractivity contribution in [3.05, 3.63) is 0 Å². The van der Waals surface area contributed by atoms with Crippen molar-refractivity contribution in [1.29, 1.82) is 0 Å². The Morgan fingerprint density at radius 3 is 2.58 bits per heavy atom. The Morgan fingerprint density at radius 1 is 1.58 bits per heavy atom. The van der Waals surface area contributed by atoms with E-state index in [0.29, 0.717) is 18.3 Å². The van der Waals surface area contributed by atoms with Crippen LogP contribution in [-0.4, -0.2) is 24.8 Å². The quantitative estimate of drug-likeness (QED) is 0.466. The third kappa shape index (κ3) is 7.05. The van der Waals surface area contributed by atoms with Crippen LogP contribution in [0, 0.1) is 5.92 Å². The van der Waals surface area contributed by atoms with E-state index in [0.717, 1.165) is 0 Å². The maximum Gasteiger partial charge on any atom is 0.241 e. The lowest BCUT2D eigenvalue weighted by Gasteiger charge is -2.05. The average molecular weight is 171 g/mol. The number of amides is 1. The van der Waals surface area contributed by atoms with Crippen LogP contribution in [0.3, 0.4) is 0 Å². The number of carbonyl (C=O) groups is 1. The molecule has 0 aromatic carbocycles. The number of nitrogens with two attached hydrogens (primary N) is 1. The maximum atomic E-state index is 11.0. The van der Waals surface area contributed by atoms with E-state index in [1.54, 1.807) is 6.92 Å². The van der Waals surface area contributed by atoms with E-state index in [1.165, 1.54) is 0 Å². The summed E-state index contributed by atoms with van der Waals surface area (Å²) in [5.41, 5.74) is 5.27. The second kappa shape index (κ2) is 5.57. The highest BCUT2D eigenvalue weighted by molar-refractivity contribution is 5.83. The topological polar surface area (TPSA) is 67.5 Å². The molecule has 0 unspecified atom stereocenters. The highest BCUT2D eigenvalue weighted by Gasteiger charge is 1.99. The van der Waals surface area contributed by atoms with Crippen LogP contribution in [0.1, 0.15) is 20.8 Å². The minimum atomic E-state index is -0.0755. The second-order valence-electron chi connectivity index (χ2n) is 3.16. The van der Waals surface area contributed by atoms with Gasteiger partial charge in [-0.1, -0.05) is 13.8 Å². The molecule has 0 spiro atoms. The largest absolute Gasteiger partial charge is 0.388 e. The lowest BCUT2D eigenvalue weighted by atomic mass is 10.2. The van der Waals surface area contributed by atoms with Crippen molar-refractivity contribution < 1.29 is 4.79 Å². The SMILES string of the molecule is CC(N)=NCC(=O)NCC(C)C. The van der Waals surface area contributed by atoms with Crippen molar-refractivity contribution in [3.8, 4) is 0 Å². The molecule has 0 saturated heterocycles. The van der Waals surface area contributed by atoms with Gasteiger partial charge in [0.15, 0.2) is 0 Å². The Morgan fingerprint density at radius 2 is 2.17 bits per heavy atom. The molecule has 4 heteroatoms. The highest BCUT2D eigenvalue weighted by Crippen LogP contribution is 1.86. The molecule has 0 aliphatic heterocycles. The van der Waals surface area contributed by atoms with Gasteiger partial charge in [0.25, 0.3) is 0 Å². The first kappa shape index (κ1) is 10.9. The Labute approximate surface area is 73.2 Å². The summed E-state index contributed by atoms with van der Waals surface area (Å²) < 4.78 is 0. The minimum absolute atomic E-state index is 0.0755. The number of hydrogen-bond donors (Lipinski definition) is 2. The molecule has 0 aliphatic rings. The zero-order valence-electron chi connectivity index (χ0n) is 7.92. The summed E-state index contributed by atoms with van der Waals surface area (Å²) in [5, 5.41) is 2.74. The summed E-state index contributed by atoms with van der Waals surface area (Å²) >= 11 is 0. The van der Waals surface area contributed by atoms with Crippen LogP contribution >= 0.6 is 0 Å². The first-order valence-corrected chi connectivity index (χ1v) is 4.05. The Bertz CT molecular complexity index is 171. The molecular weight excluding hydrogens is 154 g/mol. The van der Waals surface area contributed by atoms with Crippen LogP contribution in [0.4, 0.5) is 0 Å². The lowest BCUT2D eigenvalue weighted by molar-refractivity contribution is -0.119. The summed E-state index contributed by atoms with van der Waals surface area (Å²) in [6.07, 6.45) is 0. The normalized spacial score (nSPS) is 11.8. The number of carbonyl (C=O) groups excluding carboxylic acids is 1. The summed E-state index contributed by atoms with van der Waals surface area (Å²) in [6.45, 7) is 6.57. The molecule has 0 bridgehead atoms. The van der Waals surface area contributed by atoms with Crippen LogP contribution in [0.5, 0.6) is 0 Å². The molecule has 0 aliphatic carbocycles. The number of nitrogens with zero attached hydrogens (tertiary/aromatic N) is 1. The molecule has 0 radical (unpaired) electrons. The number of amidine groups is 1. The third-order valence-electron chi connectivity index (χ3n) is 1.18. The molecule has 0 rings (SSSR count). The van der Waals surface area contributed by atoms with Crippen LogP contribution in [0.15, 0.2) is 4.99 Å². The summed E-state index contributed by atoms with van der Waals surface area (Å²) in [5.74, 6) is 0.833. The van der Waals surface area contributed by atoms with Crippen molar-refractivity contribution in [1.82, 2.24) is 5.32 Å². The monoisotopic (exact) mass is 171 g/mol. The van der Waals surface area contributed by atoms with Gasteiger partial charge in [0.1, 0.15) is 6.54 Å². The molecule has 0 saturated carbocycles. The first-order valence-electron chi connectivity index (χ1n) is 4.05. The van der Waals surface area contributed by atoms with Gasteiger partial charge < -0.3 is 11.1 Å². The van der Waals surface area contributed by atoms with E-state index in [-0.39, 0.29) is 12.5 Å². The molecule has 0 atom stereocenters. The molecule has 1 amide bonds. The smallest absolute Gasteiger partial charge is 0.241 e. The van der Waals surface area contributed by atoms with Crippen LogP contribution in [0.2, 0.25) is 0 Å². The van der Waals surface area contributed by atoms with E-state index in [4.69, 9.17) is 5.73 Å². The lowest BCUT2D eigenvalue weighted by Crippen LogP contribution is -2.29. The zero-order chi connectivity index (χ0) is 9.56. The molecule has 12 heavy (non-hydrogen) atoms. The molecule has 0 heterocycles. The fourth-order valence-corrected chi connectivity index (χ4v) is 0.570. The van der Waals surface area contributed by atoms with Gasteiger partial charge in [0.2, 0.25) is 5.91 Å². The van der Waals surface area contributed by atoms with Gasteiger partial charge in [0.05, 0.1) is 5.84 Å². The predicted molar refractivity (Wildman–Crippen MR) is 50.0 cm³/mol. The molecule has 3 N–H and O–H groups in total. The third-order valence-corrected chi connectivity index (χ3v) is 1.18. The van der Waals surface area contributed by atoms with Crippen LogP contribution in [0.25, 0.3) is 0 Å². The van der Waals surface area contributed by atoms with Crippen molar-refractivity contribution in [2.24, 2.45) is 16.6 Å². The minimum Gasteiger partial charge on any atom is -0.388 e. The Hall–Kier alpha value is -1.06. The van der Waals surface area contributed by atoms with E-state index < -0.39 is 0 Å². The zero-order valence-corrected chi connectivity index (χ0v) is 7.92. The number of rotatable bonds is 4. The van der Waals surface area contributed by atoms with Gasteiger partial charge in [-0.25, -0.2) is 0 Å². The predicted octanol–water partition coefficient (Wildman–Crippen LogP) is 0.136. The summed E-state index contributed by atoms with van der Waals surface area (Å²) in [6, 6.07) is 0. The van der Waals surface area contributed by atoms with Crippen molar-refractivity contribution in [2.75, 3.05) is 13.1 Å². The van der Waals surface area contributed by atoms with E-state index in [2.05, 4.69) is 10.3 Å². The van der Waals surface area contributed by atoms with E-state index in [1.807, 2.05) is 13.8 Å². The van der Waals surface area contributed by atoms with E-state index in [9.17, 15) is 4.79 Å². The molecule has 70 valence electrons. The maximum absolute atomic E-state index is 11.0. The number of nitrogens with one attached hydrogen (secondary N) is 1. The van der Waals surface area contributed by atoms with Crippen molar-refractivity contribution in [3.63, 3.8) is 0 Å². The fraction of sp³-hybridized carbons (Fsp3) is 0.750. The number of aliphatic imine (C=N–C) groups is 1. The van der Waals surface area contributed by atoms with Gasteiger partial charge in [-0.2, -0.15) is 0 Å². The van der Waals surface area contributed by atoms with Gasteiger partial charge in [0, 0.05) is 6.54 Å². The Kier molecular flexibility index (Phi) is 5.08. The molecule has 0 fully saturated rings. The summed E-state index contributed by atoms with van der Waals surface area (Å²) in [4.78, 5) is 14.8. The van der Waals surface area contributed by atoms with Gasteiger partial charge in [-0.3, -0.25) is 9.79 Å². The highest BCUT2D eigenvalue weighted by atomic mass is 16.1. The molecular formula is C8H17N3O. The van der Waals surface area contributed by atoms with Crippen LogP contribution < -0.4 is 11.1 Å². The van der Waals surface area contributed by atoms with Crippen molar-refractivity contribution in [2.45, 2.75) is 20.8 Å². The van der Waals surface area contributed by atoms with Crippen molar-refractivity contribution >= 4 is 11.7 Å². The second-order valence-corrected chi connectivity index (χ2v) is 3.16.